The molecule has 0 saturated carbocycles. The van der Waals surface area contributed by atoms with Crippen LogP contribution in [0, 0.1) is 11.6 Å². The molecule has 1 saturated heterocycles. The Kier molecular flexibility index (Phi) is 8.18. The predicted octanol–water partition coefficient (Wildman–Crippen LogP) is 4.34. The summed E-state index contributed by atoms with van der Waals surface area (Å²) in [6, 6.07) is 8.23. The number of carbonyl (C=O) groups excluding carboxylic acids is 1. The second-order valence-electron chi connectivity index (χ2n) is 8.76. The van der Waals surface area contributed by atoms with Gasteiger partial charge in [0.2, 0.25) is 0 Å². The Bertz CT molecular complexity index is 1510. The number of ether oxygens (including phenoxy) is 5. The van der Waals surface area contributed by atoms with E-state index in [1.165, 1.54) is 37.8 Å². The van der Waals surface area contributed by atoms with Crippen LogP contribution in [0.25, 0.3) is 10.9 Å². The minimum absolute atomic E-state index is 0.112. The summed E-state index contributed by atoms with van der Waals surface area (Å²) in [7, 11) is 3.29. The number of fused-ring (bicyclic) bond motifs is 1. The fourth-order valence-corrected chi connectivity index (χ4v) is 3.91. The molecule has 0 unspecified atom stereocenters. The molecule has 2 aromatic heterocycles. The summed E-state index contributed by atoms with van der Waals surface area (Å²) in [6.45, 7) is 1.84. The number of likely N-dealkylation sites (N-methyl/N-ethyl adjacent to an activating group) is 1. The number of nitrogens with one attached hydrogen (secondary N) is 2. The fourth-order valence-electron chi connectivity index (χ4n) is 3.91. The molecule has 0 bridgehead atoms. The smallest absolute Gasteiger partial charge is 0.261 e. The molecule has 0 radical (unpaired) electrons. The largest absolute Gasteiger partial charge is 0.493 e. The van der Waals surface area contributed by atoms with E-state index in [0.29, 0.717) is 48.8 Å². The van der Waals surface area contributed by atoms with Crippen molar-refractivity contribution in [1.29, 1.82) is 0 Å². The highest BCUT2D eigenvalue weighted by atomic mass is 19.1. The third-order valence-electron chi connectivity index (χ3n) is 5.99. The monoisotopic (exact) mass is 552 g/mol. The Morgan fingerprint density at radius 1 is 1.05 bits per heavy atom. The molecule has 1 aliphatic rings. The lowest BCUT2D eigenvalue weighted by Gasteiger charge is -2.27. The zero-order chi connectivity index (χ0) is 28.1. The number of aromatic nitrogens is 2. The number of hydrogen-bond acceptors (Lipinski definition) is 9. The average Bonchev–Trinajstić information content (AvgIpc) is 2.92. The van der Waals surface area contributed by atoms with Crippen LogP contribution < -0.4 is 29.6 Å². The molecule has 0 spiro atoms. The predicted molar refractivity (Wildman–Crippen MR) is 142 cm³/mol. The van der Waals surface area contributed by atoms with Gasteiger partial charge in [0.1, 0.15) is 24.2 Å². The maximum Gasteiger partial charge on any atom is 0.261 e. The molecule has 4 aromatic rings. The molecule has 3 heterocycles. The standard InChI is InChI=1S/C28H26F2N4O6/c1-31-7-8-38-26-12-22-18(11-25(26)36-2)23(4-6-33-22)40-27-20(29)9-16(10-21(27)30)34-28(35)19-13-32-5-3-24(19)39-17-14-37-15-17/h3-6,9-13,17,31H,7-8,14-15H2,1-2H3,(H,34,35). The SMILES string of the molecule is CNCCOc1cc2nccc(Oc3c(F)cc(NC(=O)c4cnccc4OC4COC4)cc3F)c2cc1OC. The molecule has 1 fully saturated rings. The number of nitrogens with zero attached hydrogens (tertiary/aromatic N) is 2. The van der Waals surface area contributed by atoms with Gasteiger partial charge in [-0.25, -0.2) is 8.78 Å². The second kappa shape index (κ2) is 12.1. The van der Waals surface area contributed by atoms with Crippen LogP contribution in [0.1, 0.15) is 10.4 Å². The number of benzene rings is 2. The highest BCUT2D eigenvalue weighted by molar-refractivity contribution is 6.06. The van der Waals surface area contributed by atoms with Crippen LogP contribution in [-0.4, -0.2) is 62.5 Å². The number of methoxy groups -OCH3 is 1. The average molecular weight is 553 g/mol. The van der Waals surface area contributed by atoms with Gasteiger partial charge in [-0.15, -0.1) is 0 Å². The highest BCUT2D eigenvalue weighted by Gasteiger charge is 2.24. The summed E-state index contributed by atoms with van der Waals surface area (Å²) >= 11 is 0. The first kappa shape index (κ1) is 27.0. The van der Waals surface area contributed by atoms with Crippen molar-refractivity contribution in [3.05, 3.63) is 72.2 Å². The third-order valence-corrected chi connectivity index (χ3v) is 5.99. The van der Waals surface area contributed by atoms with Gasteiger partial charge in [0.25, 0.3) is 5.91 Å². The maximum atomic E-state index is 15.1. The topological polar surface area (TPSA) is 113 Å². The van der Waals surface area contributed by atoms with Gasteiger partial charge < -0.3 is 34.3 Å². The summed E-state index contributed by atoms with van der Waals surface area (Å²) in [5.74, 6) is -2.01. The normalized spacial score (nSPS) is 13.0. The van der Waals surface area contributed by atoms with Crippen LogP contribution in [-0.2, 0) is 4.74 Å². The molecular formula is C28H26F2N4O6. The number of amides is 1. The van der Waals surface area contributed by atoms with Crippen LogP contribution >= 0.6 is 0 Å². The maximum absolute atomic E-state index is 15.1. The van der Waals surface area contributed by atoms with Crippen LogP contribution in [0.5, 0.6) is 28.7 Å². The van der Waals surface area contributed by atoms with Crippen LogP contribution in [0.2, 0.25) is 0 Å². The van der Waals surface area contributed by atoms with Crippen LogP contribution in [0.4, 0.5) is 14.5 Å². The quantitative estimate of drug-likeness (QED) is 0.263. The Balaban J connectivity index is 1.37. The molecular weight excluding hydrogens is 526 g/mol. The summed E-state index contributed by atoms with van der Waals surface area (Å²) in [5, 5.41) is 5.93. The zero-order valence-electron chi connectivity index (χ0n) is 21.7. The molecule has 12 heteroatoms. The van der Waals surface area contributed by atoms with E-state index < -0.39 is 23.3 Å². The Morgan fingerprint density at radius 2 is 1.82 bits per heavy atom. The van der Waals surface area contributed by atoms with Crippen molar-refractivity contribution in [2.45, 2.75) is 6.10 Å². The van der Waals surface area contributed by atoms with E-state index in [0.717, 1.165) is 12.1 Å². The number of carbonyl (C=O) groups is 1. The van der Waals surface area contributed by atoms with Crippen molar-refractivity contribution >= 4 is 22.5 Å². The van der Waals surface area contributed by atoms with Crippen molar-refractivity contribution in [1.82, 2.24) is 15.3 Å². The number of rotatable bonds is 11. The van der Waals surface area contributed by atoms with Crippen molar-refractivity contribution in [2.75, 3.05) is 45.8 Å². The zero-order valence-corrected chi connectivity index (χ0v) is 21.7. The lowest BCUT2D eigenvalue weighted by atomic mass is 10.1. The fraction of sp³-hybridized carbons (Fsp3) is 0.250. The molecule has 5 rings (SSSR count). The summed E-state index contributed by atoms with van der Waals surface area (Å²) in [5.41, 5.74) is 0.478. The highest BCUT2D eigenvalue weighted by Crippen LogP contribution is 2.38. The van der Waals surface area contributed by atoms with Gasteiger partial charge >= 0.3 is 0 Å². The Hall–Kier alpha value is -4.55. The molecule has 1 amide bonds. The Morgan fingerprint density at radius 3 is 2.52 bits per heavy atom. The van der Waals surface area contributed by atoms with Crippen molar-refractivity contribution in [2.24, 2.45) is 0 Å². The first-order valence-electron chi connectivity index (χ1n) is 12.4. The van der Waals surface area contributed by atoms with Gasteiger partial charge in [0.05, 0.1) is 31.4 Å². The molecule has 0 atom stereocenters. The lowest BCUT2D eigenvalue weighted by Crippen LogP contribution is -2.39. The molecule has 2 aromatic carbocycles. The molecule has 10 nitrogen and oxygen atoms in total. The Labute approximate surface area is 228 Å². The summed E-state index contributed by atoms with van der Waals surface area (Å²) < 4.78 is 57.9. The number of anilines is 1. The first-order chi connectivity index (χ1) is 19.5. The lowest BCUT2D eigenvalue weighted by molar-refractivity contribution is -0.0798. The van der Waals surface area contributed by atoms with E-state index in [1.54, 1.807) is 12.1 Å². The van der Waals surface area contributed by atoms with Gasteiger partial charge in [-0.2, -0.15) is 0 Å². The molecule has 2 N–H and O–H groups in total. The number of pyridine rings is 2. The van der Waals surface area contributed by atoms with Gasteiger partial charge in [0.15, 0.2) is 28.9 Å². The van der Waals surface area contributed by atoms with Gasteiger partial charge in [-0.3, -0.25) is 14.8 Å². The van der Waals surface area contributed by atoms with Gasteiger partial charge in [0, 0.05) is 54.4 Å². The van der Waals surface area contributed by atoms with E-state index in [4.69, 9.17) is 23.7 Å². The third kappa shape index (κ3) is 5.87. The first-order valence-corrected chi connectivity index (χ1v) is 12.4. The van der Waals surface area contributed by atoms with E-state index in [2.05, 4.69) is 20.6 Å². The molecule has 1 aliphatic heterocycles. The van der Waals surface area contributed by atoms with E-state index in [9.17, 15) is 4.79 Å². The molecule has 208 valence electrons. The van der Waals surface area contributed by atoms with Crippen LogP contribution in [0.3, 0.4) is 0 Å². The van der Waals surface area contributed by atoms with Crippen molar-refractivity contribution in [3.63, 3.8) is 0 Å². The molecule has 0 aliphatic carbocycles. The number of halogens is 2. The summed E-state index contributed by atoms with van der Waals surface area (Å²) in [6.07, 6.45) is 4.07. The van der Waals surface area contributed by atoms with Crippen LogP contribution in [0.15, 0.2) is 55.0 Å². The van der Waals surface area contributed by atoms with E-state index in [1.807, 2.05) is 7.05 Å². The number of hydrogen-bond donors (Lipinski definition) is 2. The van der Waals surface area contributed by atoms with E-state index in [-0.39, 0.29) is 28.9 Å². The molecule has 40 heavy (non-hydrogen) atoms. The second-order valence-corrected chi connectivity index (χ2v) is 8.76. The van der Waals surface area contributed by atoms with Gasteiger partial charge in [-0.05, 0) is 25.2 Å². The van der Waals surface area contributed by atoms with Crippen molar-refractivity contribution in [3.8, 4) is 28.7 Å². The minimum atomic E-state index is -1.02. The van der Waals surface area contributed by atoms with Crippen molar-refractivity contribution < 1.29 is 37.3 Å². The van der Waals surface area contributed by atoms with Gasteiger partial charge in [-0.1, -0.05) is 0 Å². The van der Waals surface area contributed by atoms with E-state index >= 15 is 8.78 Å². The minimum Gasteiger partial charge on any atom is -0.493 e. The summed E-state index contributed by atoms with van der Waals surface area (Å²) in [4.78, 5) is 21.1.